The van der Waals surface area contributed by atoms with Gasteiger partial charge in [-0.05, 0) is 24.0 Å². The molecule has 0 aliphatic carbocycles. The summed E-state index contributed by atoms with van der Waals surface area (Å²) in [6, 6.07) is 18.0. The molecule has 3 fully saturated rings. The van der Waals surface area contributed by atoms with Crippen LogP contribution in [-0.4, -0.2) is 91.2 Å². The van der Waals surface area contributed by atoms with Crippen molar-refractivity contribution in [3.05, 3.63) is 97.1 Å². The molecule has 42 heavy (non-hydrogen) atoms. The van der Waals surface area contributed by atoms with Crippen LogP contribution in [0.5, 0.6) is 0 Å². The molecule has 2 bridgehead atoms. The third-order valence-corrected chi connectivity index (χ3v) is 12.0. The predicted octanol–water partition coefficient (Wildman–Crippen LogP) is 3.91. The Labute approximate surface area is 260 Å². The Kier molecular flexibility index (Phi) is 9.30. The van der Waals surface area contributed by atoms with E-state index in [1.54, 1.807) is 45.7 Å². The van der Waals surface area contributed by atoms with Crippen LogP contribution < -0.4 is 0 Å². The highest BCUT2D eigenvalue weighted by Crippen LogP contribution is 2.68. The molecule has 3 amide bonds. The van der Waals surface area contributed by atoms with Crippen LogP contribution in [0.25, 0.3) is 0 Å². The maximum Gasteiger partial charge on any atom is 0.247 e. The minimum absolute atomic E-state index is 0.0310. The van der Waals surface area contributed by atoms with Crippen molar-refractivity contribution < 1.29 is 19.5 Å². The molecule has 3 unspecified atom stereocenters. The number of thioether (sulfide) groups is 1. The molecule has 7 atom stereocenters. The molecular formula is C33H38BrN3O4S. The van der Waals surface area contributed by atoms with Crippen molar-refractivity contribution in [2.45, 2.75) is 46.3 Å². The number of halogens is 1. The Morgan fingerprint density at radius 3 is 2.29 bits per heavy atom. The number of likely N-dealkylation sites (tertiary alicyclic amines) is 1. The van der Waals surface area contributed by atoms with E-state index >= 15 is 0 Å². The largest absolute Gasteiger partial charge is 0.394 e. The average molecular weight is 653 g/mol. The van der Waals surface area contributed by atoms with Gasteiger partial charge in [-0.3, -0.25) is 14.4 Å². The van der Waals surface area contributed by atoms with E-state index in [0.717, 1.165) is 11.1 Å². The van der Waals surface area contributed by atoms with Crippen LogP contribution >= 0.6 is 27.7 Å². The van der Waals surface area contributed by atoms with Crippen molar-refractivity contribution in [3.63, 3.8) is 0 Å². The first-order valence-corrected chi connectivity index (χ1v) is 16.1. The summed E-state index contributed by atoms with van der Waals surface area (Å²) in [5.74, 6) is -1.76. The fourth-order valence-corrected chi connectivity index (χ4v) is 10.6. The number of alkyl halides is 1. The zero-order valence-corrected chi connectivity index (χ0v) is 26.3. The molecule has 5 rings (SSSR count). The summed E-state index contributed by atoms with van der Waals surface area (Å²) in [5, 5.41) is 10.6. The summed E-state index contributed by atoms with van der Waals surface area (Å²) >= 11 is 5.45. The number of rotatable bonds is 12. The van der Waals surface area contributed by atoms with E-state index < -0.39 is 28.7 Å². The standard InChI is InChI=1S/C33H38BrN3O4S/c1-4-16-35(3)30(39)26-27-31(40)37(24(21-38)18-22-12-8-6-9-13-22)29(33(27)19-25(34)28(26)42-33)32(41)36(17-5-2)20-23-14-10-7-11-15-23/h4-15,24-29,38H,1-2,16-21H2,3H3/t24-,25?,26-,27+,28-,29?,33?/m1/s1. The molecule has 0 aromatic heterocycles. The summed E-state index contributed by atoms with van der Waals surface area (Å²) in [6.07, 6.45) is 4.36. The molecule has 3 saturated heterocycles. The van der Waals surface area contributed by atoms with E-state index in [4.69, 9.17) is 0 Å². The Bertz CT molecular complexity index is 1330. The second-order valence-electron chi connectivity index (χ2n) is 11.4. The van der Waals surface area contributed by atoms with Crippen LogP contribution in [0.15, 0.2) is 86.0 Å². The van der Waals surface area contributed by atoms with Gasteiger partial charge in [0, 0.05) is 36.8 Å². The molecule has 0 radical (unpaired) electrons. The lowest BCUT2D eigenvalue weighted by atomic mass is 9.70. The van der Waals surface area contributed by atoms with E-state index in [-0.39, 0.29) is 34.4 Å². The quantitative estimate of drug-likeness (QED) is 0.278. The number of carbonyl (C=O) groups is 3. The molecule has 3 aliphatic rings. The molecule has 2 aromatic carbocycles. The smallest absolute Gasteiger partial charge is 0.247 e. The van der Waals surface area contributed by atoms with Crippen molar-refractivity contribution in [1.82, 2.24) is 14.7 Å². The Morgan fingerprint density at radius 1 is 1.07 bits per heavy atom. The molecule has 3 aliphatic heterocycles. The predicted molar refractivity (Wildman–Crippen MR) is 170 cm³/mol. The lowest BCUT2D eigenvalue weighted by Crippen LogP contribution is -2.58. The lowest BCUT2D eigenvalue weighted by Gasteiger charge is -2.40. The van der Waals surface area contributed by atoms with Gasteiger partial charge in [0.1, 0.15) is 6.04 Å². The van der Waals surface area contributed by atoms with Crippen molar-refractivity contribution >= 4 is 45.4 Å². The van der Waals surface area contributed by atoms with Gasteiger partial charge in [0.2, 0.25) is 17.7 Å². The highest BCUT2D eigenvalue weighted by Gasteiger charge is 2.76. The second kappa shape index (κ2) is 12.8. The SMILES string of the molecule is C=CCN(C)C(=O)[C@H]1[C@@H]2SC3(CC2Br)C(C(=O)N(CC=C)Cc2ccccc2)N([C@@H](CO)Cc2ccccc2)C(=O)[C@H]13. The number of nitrogens with zero attached hydrogens (tertiary/aromatic N) is 3. The van der Waals surface area contributed by atoms with Gasteiger partial charge in [-0.15, -0.1) is 24.9 Å². The van der Waals surface area contributed by atoms with Crippen LogP contribution in [0.1, 0.15) is 17.5 Å². The van der Waals surface area contributed by atoms with E-state index in [1.807, 2.05) is 60.7 Å². The van der Waals surface area contributed by atoms with Crippen LogP contribution in [0.3, 0.4) is 0 Å². The molecule has 9 heteroatoms. The topological polar surface area (TPSA) is 81.2 Å². The number of likely N-dealkylation sites (N-methyl/N-ethyl adjacent to an activating group) is 1. The molecule has 1 N–H and O–H groups in total. The first-order chi connectivity index (χ1) is 20.3. The highest BCUT2D eigenvalue weighted by molar-refractivity contribution is 9.09. The van der Waals surface area contributed by atoms with Gasteiger partial charge in [-0.2, -0.15) is 0 Å². The van der Waals surface area contributed by atoms with Crippen molar-refractivity contribution in [2.24, 2.45) is 11.8 Å². The number of fused-ring (bicyclic) bond motifs is 1. The molecule has 222 valence electrons. The first-order valence-electron chi connectivity index (χ1n) is 14.4. The summed E-state index contributed by atoms with van der Waals surface area (Å²) in [6.45, 7) is 8.43. The second-order valence-corrected chi connectivity index (χ2v) is 14.2. The third-order valence-electron chi connectivity index (χ3n) is 8.82. The molecular weight excluding hydrogens is 614 g/mol. The summed E-state index contributed by atoms with van der Waals surface area (Å²) in [5.41, 5.74) is 1.94. The van der Waals surface area contributed by atoms with E-state index in [1.165, 1.54) is 0 Å². The van der Waals surface area contributed by atoms with Gasteiger partial charge in [0.25, 0.3) is 0 Å². The summed E-state index contributed by atoms with van der Waals surface area (Å²) < 4.78 is -0.803. The van der Waals surface area contributed by atoms with E-state index in [0.29, 0.717) is 32.5 Å². The molecule has 7 nitrogen and oxygen atoms in total. The van der Waals surface area contributed by atoms with Crippen LogP contribution in [-0.2, 0) is 27.3 Å². The van der Waals surface area contributed by atoms with Crippen LogP contribution in [0.4, 0.5) is 0 Å². The fraction of sp³-hybridized carbons (Fsp3) is 0.424. The Balaban J connectivity index is 1.59. The van der Waals surface area contributed by atoms with Gasteiger partial charge in [-0.1, -0.05) is 88.7 Å². The van der Waals surface area contributed by atoms with Crippen molar-refractivity contribution in [1.29, 1.82) is 0 Å². The maximum absolute atomic E-state index is 14.8. The van der Waals surface area contributed by atoms with Crippen LogP contribution in [0, 0.1) is 11.8 Å². The normalized spacial score (nSPS) is 28.3. The minimum Gasteiger partial charge on any atom is -0.394 e. The molecule has 1 spiro atoms. The number of amides is 3. The highest BCUT2D eigenvalue weighted by atomic mass is 79.9. The van der Waals surface area contributed by atoms with Gasteiger partial charge < -0.3 is 19.8 Å². The van der Waals surface area contributed by atoms with Crippen molar-refractivity contribution in [3.8, 4) is 0 Å². The maximum atomic E-state index is 14.8. The zero-order valence-electron chi connectivity index (χ0n) is 23.8. The minimum atomic E-state index is -0.836. The van der Waals surface area contributed by atoms with Gasteiger partial charge in [0.05, 0.1) is 29.2 Å². The summed E-state index contributed by atoms with van der Waals surface area (Å²) in [4.78, 5) is 48.2. The molecule has 3 heterocycles. The lowest BCUT2D eigenvalue weighted by molar-refractivity contribution is -0.147. The number of aliphatic hydroxyl groups is 1. The summed E-state index contributed by atoms with van der Waals surface area (Å²) in [7, 11) is 1.73. The van der Waals surface area contributed by atoms with Crippen LogP contribution in [0.2, 0.25) is 0 Å². The van der Waals surface area contributed by atoms with E-state index in [9.17, 15) is 19.5 Å². The van der Waals surface area contributed by atoms with E-state index in [2.05, 4.69) is 29.1 Å². The number of aliphatic hydroxyl groups excluding tert-OH is 1. The Hall–Kier alpha value is -2.88. The number of benzene rings is 2. The van der Waals surface area contributed by atoms with Gasteiger partial charge in [-0.25, -0.2) is 0 Å². The zero-order chi connectivity index (χ0) is 30.0. The van der Waals surface area contributed by atoms with Gasteiger partial charge >= 0.3 is 0 Å². The Morgan fingerprint density at radius 2 is 1.69 bits per heavy atom. The third kappa shape index (κ3) is 5.35. The monoisotopic (exact) mass is 651 g/mol. The number of hydrogen-bond acceptors (Lipinski definition) is 5. The molecule has 2 aromatic rings. The van der Waals surface area contributed by atoms with Crippen molar-refractivity contribution in [2.75, 3.05) is 26.7 Å². The number of carbonyl (C=O) groups excluding carboxylic acids is 3. The molecule has 0 saturated carbocycles. The fourth-order valence-electron chi connectivity index (χ4n) is 7.06. The number of hydrogen-bond donors (Lipinski definition) is 1. The first kappa shape index (κ1) is 30.6. The average Bonchev–Trinajstić information content (AvgIpc) is 3.59. The van der Waals surface area contributed by atoms with Gasteiger partial charge in [0.15, 0.2) is 0 Å².